The maximum atomic E-state index is 12.9. The first-order chi connectivity index (χ1) is 12.0. The van der Waals surface area contributed by atoms with Crippen LogP contribution in [0.3, 0.4) is 0 Å². The smallest absolute Gasteiger partial charge is 0.332 e. The number of fused-ring (bicyclic) bond motifs is 3. The van der Waals surface area contributed by atoms with Crippen LogP contribution in [0, 0.1) is 6.92 Å². The molecule has 3 aromatic rings. The molecule has 1 aliphatic rings. The minimum Gasteiger partial charge on any atom is -0.396 e. The molecule has 1 N–H and O–H groups in total. The molecule has 1 aliphatic carbocycles. The van der Waals surface area contributed by atoms with Crippen LogP contribution in [0.15, 0.2) is 15.8 Å². The van der Waals surface area contributed by atoms with Gasteiger partial charge in [-0.2, -0.15) is 4.98 Å². The average Bonchev–Trinajstić information content (AvgIpc) is 3.28. The first-order valence-corrected chi connectivity index (χ1v) is 8.85. The summed E-state index contributed by atoms with van der Waals surface area (Å²) >= 11 is 0. The molecule has 1 fully saturated rings. The highest BCUT2D eigenvalue weighted by atomic mass is 16.3. The Morgan fingerprint density at radius 3 is 2.68 bits per heavy atom. The zero-order valence-electron chi connectivity index (χ0n) is 14.6. The lowest BCUT2D eigenvalue weighted by molar-refractivity contribution is 0.277. The molecular formula is C17H23N5O3. The Kier molecular flexibility index (Phi) is 3.79. The van der Waals surface area contributed by atoms with E-state index in [9.17, 15) is 9.59 Å². The van der Waals surface area contributed by atoms with E-state index < -0.39 is 5.69 Å². The maximum Gasteiger partial charge on any atom is 0.332 e. The highest BCUT2D eigenvalue weighted by Crippen LogP contribution is 2.32. The van der Waals surface area contributed by atoms with Crippen molar-refractivity contribution in [1.82, 2.24) is 23.1 Å². The van der Waals surface area contributed by atoms with E-state index in [1.165, 1.54) is 22.0 Å². The third-order valence-electron chi connectivity index (χ3n) is 5.30. The SMILES string of the molecule is Cc1cn2c3c(=O)n(CCCO)c(=O)n(C)c3nc2n1C1CCCC1. The highest BCUT2D eigenvalue weighted by Gasteiger charge is 2.25. The van der Waals surface area contributed by atoms with Crippen LogP contribution in [0.25, 0.3) is 16.9 Å². The fourth-order valence-corrected chi connectivity index (χ4v) is 4.07. The molecule has 8 nitrogen and oxygen atoms in total. The third kappa shape index (κ3) is 2.27. The van der Waals surface area contributed by atoms with Crippen LogP contribution in [0.1, 0.15) is 43.8 Å². The number of aliphatic hydroxyl groups is 1. The Morgan fingerprint density at radius 1 is 1.28 bits per heavy atom. The van der Waals surface area contributed by atoms with Gasteiger partial charge in [-0.3, -0.25) is 18.3 Å². The van der Waals surface area contributed by atoms with Gasteiger partial charge in [-0.15, -0.1) is 0 Å². The summed E-state index contributed by atoms with van der Waals surface area (Å²) in [6.07, 6.45) is 6.96. The van der Waals surface area contributed by atoms with Gasteiger partial charge < -0.3 is 9.67 Å². The van der Waals surface area contributed by atoms with Crippen molar-refractivity contribution in [3.05, 3.63) is 32.7 Å². The lowest BCUT2D eigenvalue weighted by Gasteiger charge is -2.13. The molecular weight excluding hydrogens is 322 g/mol. The Labute approximate surface area is 143 Å². The average molecular weight is 345 g/mol. The summed E-state index contributed by atoms with van der Waals surface area (Å²) in [5.41, 5.74) is 1.18. The second-order valence-corrected chi connectivity index (χ2v) is 6.91. The Hall–Kier alpha value is -2.35. The minimum absolute atomic E-state index is 0.0629. The zero-order chi connectivity index (χ0) is 17.7. The molecule has 0 bridgehead atoms. The Bertz CT molecular complexity index is 1060. The van der Waals surface area contributed by atoms with E-state index in [-0.39, 0.29) is 18.7 Å². The molecule has 3 aromatic heterocycles. The van der Waals surface area contributed by atoms with Gasteiger partial charge in [0.1, 0.15) is 0 Å². The lowest BCUT2D eigenvalue weighted by atomic mass is 10.2. The van der Waals surface area contributed by atoms with Crippen LogP contribution in [-0.2, 0) is 13.6 Å². The number of imidazole rings is 2. The number of rotatable bonds is 4. The monoisotopic (exact) mass is 345 g/mol. The van der Waals surface area contributed by atoms with E-state index in [0.717, 1.165) is 24.3 Å². The Balaban J connectivity index is 2.04. The van der Waals surface area contributed by atoms with E-state index in [1.54, 1.807) is 7.05 Å². The summed E-state index contributed by atoms with van der Waals surface area (Å²) < 4.78 is 6.64. The van der Waals surface area contributed by atoms with E-state index in [4.69, 9.17) is 5.11 Å². The maximum absolute atomic E-state index is 12.9. The van der Waals surface area contributed by atoms with Gasteiger partial charge in [0.15, 0.2) is 11.2 Å². The molecule has 1 saturated carbocycles. The summed E-state index contributed by atoms with van der Waals surface area (Å²) in [7, 11) is 1.64. The van der Waals surface area contributed by atoms with E-state index in [2.05, 4.69) is 9.55 Å². The van der Waals surface area contributed by atoms with E-state index in [1.807, 2.05) is 17.5 Å². The van der Waals surface area contributed by atoms with Crippen LogP contribution in [0.4, 0.5) is 0 Å². The zero-order valence-corrected chi connectivity index (χ0v) is 14.6. The van der Waals surface area contributed by atoms with Crippen molar-refractivity contribution in [3.8, 4) is 0 Å². The van der Waals surface area contributed by atoms with Gasteiger partial charge >= 0.3 is 5.69 Å². The van der Waals surface area contributed by atoms with Gasteiger partial charge in [0.05, 0.1) is 0 Å². The van der Waals surface area contributed by atoms with Crippen LogP contribution in [0.2, 0.25) is 0 Å². The fraction of sp³-hybridized carbons (Fsp3) is 0.588. The van der Waals surface area contributed by atoms with Gasteiger partial charge in [0.25, 0.3) is 5.56 Å². The second-order valence-electron chi connectivity index (χ2n) is 6.91. The van der Waals surface area contributed by atoms with Gasteiger partial charge in [-0.05, 0) is 26.2 Å². The van der Waals surface area contributed by atoms with E-state index >= 15 is 0 Å². The molecule has 134 valence electrons. The molecule has 25 heavy (non-hydrogen) atoms. The highest BCUT2D eigenvalue weighted by molar-refractivity contribution is 5.75. The minimum atomic E-state index is -0.393. The summed E-state index contributed by atoms with van der Waals surface area (Å²) in [5, 5.41) is 9.04. The number of aryl methyl sites for hydroxylation is 2. The van der Waals surface area contributed by atoms with Gasteiger partial charge in [-0.1, -0.05) is 12.8 Å². The second kappa shape index (κ2) is 5.87. The van der Waals surface area contributed by atoms with Crippen molar-refractivity contribution < 1.29 is 5.11 Å². The number of hydrogen-bond acceptors (Lipinski definition) is 4. The van der Waals surface area contributed by atoms with Crippen molar-refractivity contribution >= 4 is 16.9 Å². The molecule has 0 unspecified atom stereocenters. The number of hydrogen-bond donors (Lipinski definition) is 1. The van der Waals surface area contributed by atoms with Crippen LogP contribution in [0.5, 0.6) is 0 Å². The first kappa shape index (κ1) is 16.1. The predicted molar refractivity (Wildman–Crippen MR) is 94.1 cm³/mol. The number of aliphatic hydroxyl groups excluding tert-OH is 1. The summed E-state index contributed by atoms with van der Waals surface area (Å²) in [5.74, 6) is 0.728. The standard InChI is InChI=1S/C17H23N5O3/c1-11-10-21-13-14(18-16(21)22(11)12-6-3-4-7-12)19(2)17(25)20(15(13)24)8-5-9-23/h10,12,23H,3-9H2,1-2H3. The molecule has 0 spiro atoms. The van der Waals surface area contributed by atoms with Gasteiger partial charge in [-0.25, -0.2) is 4.79 Å². The molecule has 0 saturated heterocycles. The molecule has 3 heterocycles. The molecule has 0 aromatic carbocycles. The Morgan fingerprint density at radius 2 is 2.00 bits per heavy atom. The largest absolute Gasteiger partial charge is 0.396 e. The molecule has 0 radical (unpaired) electrons. The summed E-state index contributed by atoms with van der Waals surface area (Å²) in [6, 6.07) is 0.406. The van der Waals surface area contributed by atoms with Crippen molar-refractivity contribution in [2.24, 2.45) is 7.05 Å². The number of aromatic nitrogens is 5. The first-order valence-electron chi connectivity index (χ1n) is 8.85. The quantitative estimate of drug-likeness (QED) is 0.763. The molecule has 0 amide bonds. The summed E-state index contributed by atoms with van der Waals surface area (Å²) in [4.78, 5) is 30.1. The molecule has 0 atom stereocenters. The molecule has 0 aliphatic heterocycles. The topological polar surface area (TPSA) is 86.5 Å². The van der Waals surface area contributed by atoms with Crippen molar-refractivity contribution in [1.29, 1.82) is 0 Å². The third-order valence-corrected chi connectivity index (χ3v) is 5.30. The predicted octanol–water partition coefficient (Wildman–Crippen LogP) is 0.955. The fourth-order valence-electron chi connectivity index (χ4n) is 4.07. The summed E-state index contributed by atoms with van der Waals surface area (Å²) in [6.45, 7) is 2.17. The van der Waals surface area contributed by atoms with E-state index in [0.29, 0.717) is 23.6 Å². The van der Waals surface area contributed by atoms with Crippen LogP contribution >= 0.6 is 0 Å². The van der Waals surface area contributed by atoms with Gasteiger partial charge in [0, 0.05) is 38.1 Å². The molecule has 8 heteroatoms. The van der Waals surface area contributed by atoms with Crippen molar-refractivity contribution in [2.45, 2.75) is 51.6 Å². The normalized spacial score (nSPS) is 15.8. The van der Waals surface area contributed by atoms with Crippen molar-refractivity contribution in [3.63, 3.8) is 0 Å². The lowest BCUT2D eigenvalue weighted by Crippen LogP contribution is -2.39. The molecule has 4 rings (SSSR count). The number of nitrogens with zero attached hydrogens (tertiary/aromatic N) is 5. The van der Waals surface area contributed by atoms with Crippen LogP contribution in [-0.4, -0.2) is 34.8 Å². The van der Waals surface area contributed by atoms with Crippen molar-refractivity contribution in [2.75, 3.05) is 6.61 Å². The van der Waals surface area contributed by atoms with Gasteiger partial charge in [0.2, 0.25) is 5.78 Å². The van der Waals surface area contributed by atoms with Crippen LogP contribution < -0.4 is 11.2 Å².